The molecule has 1 aliphatic rings. The molecule has 0 aromatic carbocycles. The molecule has 1 unspecified atom stereocenters. The van der Waals surface area contributed by atoms with Gasteiger partial charge >= 0.3 is 0 Å². The molecule has 0 radical (unpaired) electrons. The van der Waals surface area contributed by atoms with Crippen LogP contribution in [-0.2, 0) is 17.6 Å². The van der Waals surface area contributed by atoms with Crippen molar-refractivity contribution >= 4 is 11.3 Å². The van der Waals surface area contributed by atoms with Crippen molar-refractivity contribution in [3.63, 3.8) is 0 Å². The number of likely N-dealkylation sites (N-methyl/N-ethyl adjacent to an activating group) is 1. The van der Waals surface area contributed by atoms with Crippen molar-refractivity contribution < 1.29 is 4.74 Å². The Bertz CT molecular complexity index is 382. The van der Waals surface area contributed by atoms with Crippen molar-refractivity contribution in [3.8, 4) is 0 Å². The Hall–Kier alpha value is -0.420. The lowest BCUT2D eigenvalue weighted by atomic mass is 9.99. The number of ether oxygens (including phenoxy) is 1. The van der Waals surface area contributed by atoms with Gasteiger partial charge in [0, 0.05) is 42.5 Å². The van der Waals surface area contributed by atoms with Crippen molar-refractivity contribution in [2.24, 2.45) is 0 Å². The van der Waals surface area contributed by atoms with Gasteiger partial charge in [0.1, 0.15) is 0 Å². The standard InChI is InChI=1S/C16H28N2OS/c1-13(17-8-9-18(2)10-11-19-3)16-12-14-6-4-5-7-15(14)20-16/h12-13,17H,4-11H2,1-3H3. The zero-order valence-electron chi connectivity index (χ0n) is 13.1. The molecule has 0 saturated heterocycles. The zero-order chi connectivity index (χ0) is 14.4. The predicted molar refractivity (Wildman–Crippen MR) is 86.8 cm³/mol. The normalized spacial score (nSPS) is 16.4. The van der Waals surface area contributed by atoms with E-state index in [0.29, 0.717) is 6.04 Å². The van der Waals surface area contributed by atoms with Crippen LogP contribution in [0.15, 0.2) is 6.07 Å². The van der Waals surface area contributed by atoms with Crippen molar-refractivity contribution in [1.82, 2.24) is 10.2 Å². The van der Waals surface area contributed by atoms with Crippen molar-refractivity contribution in [3.05, 3.63) is 21.4 Å². The van der Waals surface area contributed by atoms with E-state index >= 15 is 0 Å². The van der Waals surface area contributed by atoms with Crippen molar-refractivity contribution in [1.29, 1.82) is 0 Å². The number of fused-ring (bicyclic) bond motifs is 1. The number of nitrogens with one attached hydrogen (secondary N) is 1. The highest BCUT2D eigenvalue weighted by Crippen LogP contribution is 2.32. The van der Waals surface area contributed by atoms with E-state index in [0.717, 1.165) is 26.2 Å². The van der Waals surface area contributed by atoms with Crippen LogP contribution in [0.3, 0.4) is 0 Å². The van der Waals surface area contributed by atoms with Crippen LogP contribution in [0.1, 0.15) is 41.1 Å². The first-order valence-electron chi connectivity index (χ1n) is 7.73. The fourth-order valence-electron chi connectivity index (χ4n) is 2.66. The minimum Gasteiger partial charge on any atom is -0.383 e. The number of hydrogen-bond donors (Lipinski definition) is 1. The van der Waals surface area contributed by atoms with E-state index in [1.54, 1.807) is 17.6 Å². The number of aryl methyl sites for hydroxylation is 2. The van der Waals surface area contributed by atoms with E-state index < -0.39 is 0 Å². The number of thiophene rings is 1. The highest BCUT2D eigenvalue weighted by Gasteiger charge is 2.16. The van der Waals surface area contributed by atoms with Gasteiger partial charge in [-0.2, -0.15) is 0 Å². The Balaban J connectivity index is 1.74. The second-order valence-electron chi connectivity index (χ2n) is 5.78. The third-order valence-electron chi connectivity index (χ3n) is 4.06. The van der Waals surface area contributed by atoms with Crippen LogP contribution < -0.4 is 5.32 Å². The van der Waals surface area contributed by atoms with Gasteiger partial charge in [-0.3, -0.25) is 0 Å². The van der Waals surface area contributed by atoms with Crippen molar-refractivity contribution in [2.45, 2.75) is 38.6 Å². The third kappa shape index (κ3) is 4.55. The van der Waals surface area contributed by atoms with E-state index in [2.05, 4.69) is 30.3 Å². The SMILES string of the molecule is COCCN(C)CCNC(C)c1cc2c(s1)CCCC2. The fourth-order valence-corrected chi connectivity index (χ4v) is 3.94. The van der Waals surface area contributed by atoms with Crippen LogP contribution in [0.2, 0.25) is 0 Å². The number of nitrogens with zero attached hydrogens (tertiary/aromatic N) is 1. The van der Waals surface area contributed by atoms with Gasteiger partial charge in [0.15, 0.2) is 0 Å². The van der Waals surface area contributed by atoms with E-state index in [-0.39, 0.29) is 0 Å². The summed E-state index contributed by atoms with van der Waals surface area (Å²) in [6, 6.07) is 2.91. The monoisotopic (exact) mass is 296 g/mol. The molecule has 3 nitrogen and oxygen atoms in total. The van der Waals surface area contributed by atoms with E-state index in [1.807, 2.05) is 11.3 Å². The van der Waals surface area contributed by atoms with Gasteiger partial charge in [-0.15, -0.1) is 11.3 Å². The first-order valence-corrected chi connectivity index (χ1v) is 8.54. The molecular formula is C16H28N2OS. The molecule has 1 aliphatic carbocycles. The lowest BCUT2D eigenvalue weighted by molar-refractivity contribution is 0.161. The summed E-state index contributed by atoms with van der Waals surface area (Å²) in [6.45, 7) is 6.19. The first-order chi connectivity index (χ1) is 9.70. The quantitative estimate of drug-likeness (QED) is 0.798. The van der Waals surface area contributed by atoms with Gasteiger partial charge in [-0.1, -0.05) is 0 Å². The molecule has 1 atom stereocenters. The molecule has 0 fully saturated rings. The maximum atomic E-state index is 5.10. The summed E-state index contributed by atoms with van der Waals surface area (Å²) >= 11 is 2.02. The molecule has 0 aliphatic heterocycles. The lowest BCUT2D eigenvalue weighted by Gasteiger charge is -2.18. The molecular weight excluding hydrogens is 268 g/mol. The molecule has 1 aromatic rings. The third-order valence-corrected chi connectivity index (χ3v) is 5.48. The number of hydrogen-bond acceptors (Lipinski definition) is 4. The lowest BCUT2D eigenvalue weighted by Crippen LogP contribution is -2.32. The summed E-state index contributed by atoms with van der Waals surface area (Å²) in [5.41, 5.74) is 1.61. The first kappa shape index (κ1) is 16.0. The highest BCUT2D eigenvalue weighted by molar-refractivity contribution is 7.12. The van der Waals surface area contributed by atoms with Gasteiger partial charge < -0.3 is 15.0 Å². The largest absolute Gasteiger partial charge is 0.383 e. The van der Waals surface area contributed by atoms with Gasteiger partial charge in [0.2, 0.25) is 0 Å². The molecule has 1 aromatic heterocycles. The molecule has 0 saturated carbocycles. The Labute approximate surface area is 127 Å². The topological polar surface area (TPSA) is 24.5 Å². The van der Waals surface area contributed by atoms with Crippen LogP contribution in [0.25, 0.3) is 0 Å². The summed E-state index contributed by atoms with van der Waals surface area (Å²) in [5.74, 6) is 0. The number of rotatable bonds is 8. The molecule has 0 bridgehead atoms. The molecule has 1 heterocycles. The van der Waals surface area contributed by atoms with Gasteiger partial charge in [-0.05, 0) is 51.3 Å². The highest BCUT2D eigenvalue weighted by atomic mass is 32.1. The van der Waals surface area contributed by atoms with Crippen LogP contribution in [0, 0.1) is 0 Å². The van der Waals surface area contributed by atoms with Gasteiger partial charge in [0.25, 0.3) is 0 Å². The van der Waals surface area contributed by atoms with Crippen LogP contribution in [0.4, 0.5) is 0 Å². The molecule has 4 heteroatoms. The predicted octanol–water partition coefficient (Wildman–Crippen LogP) is 2.86. The second-order valence-corrected chi connectivity index (χ2v) is 6.94. The second kappa shape index (κ2) is 8.13. The smallest absolute Gasteiger partial charge is 0.0589 e. The van der Waals surface area contributed by atoms with Crippen LogP contribution >= 0.6 is 11.3 Å². The Kier molecular flexibility index (Phi) is 6.49. The summed E-state index contributed by atoms with van der Waals surface area (Å²) in [4.78, 5) is 5.46. The summed E-state index contributed by atoms with van der Waals surface area (Å²) < 4.78 is 5.10. The summed E-state index contributed by atoms with van der Waals surface area (Å²) in [6.07, 6.45) is 5.33. The molecule has 2 rings (SSSR count). The molecule has 0 amide bonds. The minimum atomic E-state index is 0.474. The maximum absolute atomic E-state index is 5.10. The zero-order valence-corrected chi connectivity index (χ0v) is 13.9. The van der Waals surface area contributed by atoms with E-state index in [4.69, 9.17) is 4.74 Å². The van der Waals surface area contributed by atoms with Crippen LogP contribution in [0.5, 0.6) is 0 Å². The average molecular weight is 296 g/mol. The summed E-state index contributed by atoms with van der Waals surface area (Å²) in [5, 5.41) is 3.64. The molecule has 1 N–H and O–H groups in total. The Morgan fingerprint density at radius 2 is 2.15 bits per heavy atom. The van der Waals surface area contributed by atoms with Crippen molar-refractivity contribution in [2.75, 3.05) is 40.4 Å². The molecule has 20 heavy (non-hydrogen) atoms. The van der Waals surface area contributed by atoms with E-state index in [9.17, 15) is 0 Å². The van der Waals surface area contributed by atoms with Gasteiger partial charge in [-0.25, -0.2) is 0 Å². The fraction of sp³-hybridized carbons (Fsp3) is 0.750. The average Bonchev–Trinajstić information content (AvgIpc) is 2.89. The van der Waals surface area contributed by atoms with Gasteiger partial charge in [0.05, 0.1) is 6.61 Å². The Morgan fingerprint density at radius 1 is 1.35 bits per heavy atom. The molecule has 114 valence electrons. The van der Waals surface area contributed by atoms with E-state index in [1.165, 1.54) is 30.6 Å². The maximum Gasteiger partial charge on any atom is 0.0589 e. The minimum absolute atomic E-state index is 0.474. The molecule has 0 spiro atoms. The summed E-state index contributed by atoms with van der Waals surface area (Å²) in [7, 11) is 3.90. The Morgan fingerprint density at radius 3 is 2.90 bits per heavy atom. The number of methoxy groups -OCH3 is 1. The van der Waals surface area contributed by atoms with Crippen LogP contribution in [-0.4, -0.2) is 45.3 Å².